The highest BCUT2D eigenvalue weighted by Crippen LogP contribution is 2.29. The van der Waals surface area contributed by atoms with Crippen LogP contribution in [0.2, 0.25) is 0 Å². The van der Waals surface area contributed by atoms with Gasteiger partial charge in [0.25, 0.3) is 5.56 Å². The first-order valence-electron chi connectivity index (χ1n) is 9.59. The van der Waals surface area contributed by atoms with Crippen LogP contribution in [0.15, 0.2) is 59.7 Å². The predicted octanol–water partition coefficient (Wildman–Crippen LogP) is 3.35. The summed E-state index contributed by atoms with van der Waals surface area (Å²) >= 11 is 0. The maximum Gasteiger partial charge on any atom is 0.255 e. The Hall–Kier alpha value is -3.18. The van der Waals surface area contributed by atoms with Crippen molar-refractivity contribution >= 4 is 10.9 Å². The predicted molar refractivity (Wildman–Crippen MR) is 112 cm³/mol. The van der Waals surface area contributed by atoms with Crippen LogP contribution in [-0.2, 0) is 20.0 Å². The van der Waals surface area contributed by atoms with Crippen LogP contribution < -0.4 is 10.9 Å². The molecule has 5 heteroatoms. The average Bonchev–Trinajstić information content (AvgIpc) is 3.01. The summed E-state index contributed by atoms with van der Waals surface area (Å²) in [5.41, 5.74) is 7.58. The number of aryl methyl sites for hydroxylation is 2. The quantitative estimate of drug-likeness (QED) is 0.589. The highest BCUT2D eigenvalue weighted by atomic mass is 16.1. The van der Waals surface area contributed by atoms with Gasteiger partial charge in [-0.05, 0) is 42.3 Å². The van der Waals surface area contributed by atoms with Crippen LogP contribution >= 0.6 is 0 Å². The molecule has 0 saturated heterocycles. The maximum absolute atomic E-state index is 12.8. The standard InChI is InChI=1S/C23H22N4O/c1-15-3-4-17(13-25-15)16-8-10-27(23(28)11-16)18-5-6-19-20-14-24-9-7-21(20)26(2)22(19)12-18/h3-6,8,10-13,24H,7,9,14H2,1-2H3. The van der Waals surface area contributed by atoms with Gasteiger partial charge < -0.3 is 9.88 Å². The van der Waals surface area contributed by atoms with Gasteiger partial charge >= 0.3 is 0 Å². The minimum absolute atomic E-state index is 0.0435. The lowest BCUT2D eigenvalue weighted by molar-refractivity contribution is 0.622. The van der Waals surface area contributed by atoms with Crippen LogP contribution in [-0.4, -0.2) is 20.7 Å². The first-order valence-corrected chi connectivity index (χ1v) is 9.59. The van der Waals surface area contributed by atoms with Crippen molar-refractivity contribution in [1.82, 2.24) is 19.4 Å². The molecule has 0 atom stereocenters. The van der Waals surface area contributed by atoms with E-state index in [1.165, 1.54) is 22.2 Å². The van der Waals surface area contributed by atoms with Crippen LogP contribution in [0.25, 0.3) is 27.7 Å². The lowest BCUT2D eigenvalue weighted by Gasteiger charge is -2.14. The van der Waals surface area contributed by atoms with Gasteiger partial charge in [0.15, 0.2) is 0 Å². The molecule has 0 saturated carbocycles. The van der Waals surface area contributed by atoms with E-state index in [9.17, 15) is 4.79 Å². The Labute approximate surface area is 163 Å². The summed E-state index contributed by atoms with van der Waals surface area (Å²) in [4.78, 5) is 17.1. The van der Waals surface area contributed by atoms with Crippen molar-refractivity contribution in [2.45, 2.75) is 19.9 Å². The second-order valence-corrected chi connectivity index (χ2v) is 7.42. The van der Waals surface area contributed by atoms with Gasteiger partial charge in [0.2, 0.25) is 0 Å². The molecule has 0 radical (unpaired) electrons. The van der Waals surface area contributed by atoms with E-state index in [0.717, 1.165) is 42.0 Å². The molecule has 1 N–H and O–H groups in total. The van der Waals surface area contributed by atoms with Gasteiger partial charge in [-0.3, -0.25) is 14.3 Å². The fraction of sp³-hybridized carbons (Fsp3) is 0.217. The molecule has 1 aromatic carbocycles. The van der Waals surface area contributed by atoms with Crippen LogP contribution in [0, 0.1) is 6.92 Å². The Bertz CT molecular complexity index is 1250. The SMILES string of the molecule is Cc1ccc(-c2ccn(-c3ccc4c5c(n(C)c4c3)CCNC5)c(=O)c2)cn1. The minimum Gasteiger partial charge on any atom is -0.347 e. The van der Waals surface area contributed by atoms with Gasteiger partial charge in [0, 0.05) is 67.4 Å². The third-order valence-corrected chi connectivity index (χ3v) is 5.70. The first-order chi connectivity index (χ1) is 13.6. The molecular formula is C23H22N4O. The molecule has 5 nitrogen and oxygen atoms in total. The summed E-state index contributed by atoms with van der Waals surface area (Å²) < 4.78 is 3.97. The Morgan fingerprint density at radius 3 is 2.75 bits per heavy atom. The molecule has 0 amide bonds. The van der Waals surface area contributed by atoms with Crippen LogP contribution in [0.4, 0.5) is 0 Å². The Morgan fingerprint density at radius 1 is 1.07 bits per heavy atom. The molecule has 0 aliphatic carbocycles. The number of pyridine rings is 2. The van der Waals surface area contributed by atoms with E-state index < -0.39 is 0 Å². The van der Waals surface area contributed by atoms with Crippen molar-refractivity contribution in [2.75, 3.05) is 6.54 Å². The van der Waals surface area contributed by atoms with E-state index >= 15 is 0 Å². The van der Waals surface area contributed by atoms with E-state index in [1.54, 1.807) is 10.6 Å². The number of nitrogens with zero attached hydrogens (tertiary/aromatic N) is 3. The molecule has 4 heterocycles. The fourth-order valence-corrected chi connectivity index (χ4v) is 4.15. The summed E-state index contributed by atoms with van der Waals surface area (Å²) in [6.45, 7) is 3.87. The fourth-order valence-electron chi connectivity index (χ4n) is 4.15. The van der Waals surface area contributed by atoms with E-state index in [0.29, 0.717) is 0 Å². The van der Waals surface area contributed by atoms with E-state index in [-0.39, 0.29) is 5.56 Å². The number of nitrogens with one attached hydrogen (secondary N) is 1. The highest BCUT2D eigenvalue weighted by molar-refractivity contribution is 5.87. The van der Waals surface area contributed by atoms with Crippen molar-refractivity contribution < 1.29 is 0 Å². The van der Waals surface area contributed by atoms with E-state index in [2.05, 4.69) is 34.0 Å². The van der Waals surface area contributed by atoms with Crippen molar-refractivity contribution in [3.05, 3.63) is 82.2 Å². The molecule has 0 fully saturated rings. The Kier molecular flexibility index (Phi) is 3.91. The molecule has 0 unspecified atom stereocenters. The molecule has 5 rings (SSSR count). The number of benzene rings is 1. The number of hydrogen-bond donors (Lipinski definition) is 1. The molecule has 28 heavy (non-hydrogen) atoms. The monoisotopic (exact) mass is 370 g/mol. The topological polar surface area (TPSA) is 51.9 Å². The van der Waals surface area contributed by atoms with Gasteiger partial charge in [-0.2, -0.15) is 0 Å². The van der Waals surface area contributed by atoms with Crippen molar-refractivity contribution in [3.8, 4) is 16.8 Å². The first kappa shape index (κ1) is 17.0. The lowest BCUT2D eigenvalue weighted by atomic mass is 10.1. The van der Waals surface area contributed by atoms with Crippen molar-refractivity contribution in [1.29, 1.82) is 0 Å². The van der Waals surface area contributed by atoms with Gasteiger partial charge in [0.1, 0.15) is 0 Å². The molecule has 4 aromatic rings. The Balaban J connectivity index is 1.59. The molecule has 1 aliphatic heterocycles. The minimum atomic E-state index is -0.0435. The number of hydrogen-bond acceptors (Lipinski definition) is 3. The zero-order valence-electron chi connectivity index (χ0n) is 16.1. The summed E-state index contributed by atoms with van der Waals surface area (Å²) in [5.74, 6) is 0. The maximum atomic E-state index is 12.8. The van der Waals surface area contributed by atoms with Crippen molar-refractivity contribution in [2.24, 2.45) is 7.05 Å². The molecule has 3 aromatic heterocycles. The smallest absolute Gasteiger partial charge is 0.255 e. The lowest BCUT2D eigenvalue weighted by Crippen LogP contribution is -2.24. The largest absolute Gasteiger partial charge is 0.347 e. The molecule has 140 valence electrons. The van der Waals surface area contributed by atoms with E-state index in [4.69, 9.17) is 0 Å². The Morgan fingerprint density at radius 2 is 1.96 bits per heavy atom. The second kappa shape index (κ2) is 6.46. The summed E-state index contributed by atoms with van der Waals surface area (Å²) in [5, 5.41) is 4.72. The number of rotatable bonds is 2. The van der Waals surface area contributed by atoms with Crippen LogP contribution in [0.1, 0.15) is 17.0 Å². The molecule has 0 bridgehead atoms. The van der Waals surface area contributed by atoms with E-state index in [1.807, 2.05) is 43.6 Å². The molecular weight excluding hydrogens is 348 g/mol. The summed E-state index contributed by atoms with van der Waals surface area (Å²) in [6, 6.07) is 13.9. The zero-order valence-corrected chi connectivity index (χ0v) is 16.1. The summed E-state index contributed by atoms with van der Waals surface area (Å²) in [7, 11) is 2.12. The molecule has 0 spiro atoms. The van der Waals surface area contributed by atoms with Crippen LogP contribution in [0.3, 0.4) is 0 Å². The highest BCUT2D eigenvalue weighted by Gasteiger charge is 2.18. The zero-order chi connectivity index (χ0) is 19.3. The normalized spacial score (nSPS) is 13.6. The van der Waals surface area contributed by atoms with Crippen molar-refractivity contribution in [3.63, 3.8) is 0 Å². The third-order valence-electron chi connectivity index (χ3n) is 5.70. The van der Waals surface area contributed by atoms with Gasteiger partial charge in [-0.1, -0.05) is 12.1 Å². The molecule has 1 aliphatic rings. The van der Waals surface area contributed by atoms with Gasteiger partial charge in [0.05, 0.1) is 11.2 Å². The summed E-state index contributed by atoms with van der Waals surface area (Å²) in [6.07, 6.45) is 4.70. The second-order valence-electron chi connectivity index (χ2n) is 7.42. The third kappa shape index (κ3) is 2.67. The van der Waals surface area contributed by atoms with Gasteiger partial charge in [-0.25, -0.2) is 0 Å². The van der Waals surface area contributed by atoms with Crippen LogP contribution in [0.5, 0.6) is 0 Å². The number of aromatic nitrogens is 3. The average molecular weight is 370 g/mol. The number of fused-ring (bicyclic) bond motifs is 3. The van der Waals surface area contributed by atoms with Gasteiger partial charge in [-0.15, -0.1) is 0 Å².